The van der Waals surface area contributed by atoms with Gasteiger partial charge in [0.25, 0.3) is 0 Å². The maximum absolute atomic E-state index is 11.6. The Labute approximate surface area is 97.9 Å². The molecule has 0 aromatic carbocycles. The fraction of sp³-hybridized carbons (Fsp3) is 0.917. The van der Waals surface area contributed by atoms with Crippen molar-refractivity contribution in [2.24, 2.45) is 5.92 Å². The monoisotopic (exact) mass is 229 g/mol. The Balaban J connectivity index is 2.26. The van der Waals surface area contributed by atoms with Crippen LogP contribution in [0.4, 0.5) is 0 Å². The standard InChI is InChI=1S/C12H23NO3/c1-3-16-12(14)11-6-4-7-13(10-11)8-5-9-15-2/h11H,3-10H2,1-2H3/t11-/m0/s1. The minimum absolute atomic E-state index is 0.0288. The number of esters is 1. The number of hydrogen-bond donors (Lipinski definition) is 0. The van der Waals surface area contributed by atoms with Crippen molar-refractivity contribution in [3.8, 4) is 0 Å². The molecule has 4 nitrogen and oxygen atoms in total. The number of ether oxygens (including phenoxy) is 2. The molecule has 0 spiro atoms. The van der Waals surface area contributed by atoms with Crippen molar-refractivity contribution in [3.05, 3.63) is 0 Å². The van der Waals surface area contributed by atoms with Crippen LogP contribution < -0.4 is 0 Å². The number of carbonyl (C=O) groups is 1. The number of rotatable bonds is 6. The fourth-order valence-electron chi connectivity index (χ4n) is 2.14. The van der Waals surface area contributed by atoms with Gasteiger partial charge in [0, 0.05) is 26.8 Å². The van der Waals surface area contributed by atoms with Gasteiger partial charge in [-0.15, -0.1) is 0 Å². The molecule has 1 heterocycles. The van der Waals surface area contributed by atoms with Crippen LogP contribution in [0.2, 0.25) is 0 Å². The van der Waals surface area contributed by atoms with E-state index >= 15 is 0 Å². The Bertz CT molecular complexity index is 208. The lowest BCUT2D eigenvalue weighted by Crippen LogP contribution is -2.40. The summed E-state index contributed by atoms with van der Waals surface area (Å²) in [7, 11) is 1.72. The van der Waals surface area contributed by atoms with Gasteiger partial charge in [-0.1, -0.05) is 0 Å². The van der Waals surface area contributed by atoms with Crippen molar-refractivity contribution in [3.63, 3.8) is 0 Å². The molecule has 0 aromatic heterocycles. The molecule has 0 aromatic rings. The molecule has 1 aliphatic heterocycles. The Morgan fingerprint density at radius 2 is 2.31 bits per heavy atom. The highest BCUT2D eigenvalue weighted by Crippen LogP contribution is 2.17. The molecule has 0 saturated carbocycles. The van der Waals surface area contributed by atoms with Crippen molar-refractivity contribution in [1.29, 1.82) is 0 Å². The number of nitrogens with zero attached hydrogens (tertiary/aromatic N) is 1. The van der Waals surface area contributed by atoms with Crippen LogP contribution in [-0.4, -0.2) is 50.8 Å². The van der Waals surface area contributed by atoms with Gasteiger partial charge in [0.05, 0.1) is 12.5 Å². The minimum atomic E-state index is -0.0288. The summed E-state index contributed by atoms with van der Waals surface area (Å²) < 4.78 is 10.1. The number of carbonyl (C=O) groups excluding carboxylic acids is 1. The van der Waals surface area contributed by atoms with E-state index in [4.69, 9.17) is 9.47 Å². The first-order chi connectivity index (χ1) is 7.77. The lowest BCUT2D eigenvalue weighted by molar-refractivity contribution is -0.149. The Kier molecular flexibility index (Phi) is 6.42. The zero-order chi connectivity index (χ0) is 11.8. The average Bonchev–Trinajstić information content (AvgIpc) is 2.30. The van der Waals surface area contributed by atoms with Crippen LogP contribution in [0.1, 0.15) is 26.2 Å². The Hall–Kier alpha value is -0.610. The third-order valence-corrected chi connectivity index (χ3v) is 2.95. The molecule has 0 N–H and O–H groups in total. The average molecular weight is 229 g/mol. The molecule has 0 bridgehead atoms. The molecule has 0 amide bonds. The van der Waals surface area contributed by atoms with Gasteiger partial charge in [0.2, 0.25) is 0 Å². The fourth-order valence-corrected chi connectivity index (χ4v) is 2.14. The molecule has 0 unspecified atom stereocenters. The van der Waals surface area contributed by atoms with Crippen LogP contribution in [0.25, 0.3) is 0 Å². The SMILES string of the molecule is CCOC(=O)[C@H]1CCCN(CCCOC)C1. The second kappa shape index (κ2) is 7.63. The molecule has 0 radical (unpaired) electrons. The van der Waals surface area contributed by atoms with Crippen LogP contribution in [0.5, 0.6) is 0 Å². The summed E-state index contributed by atoms with van der Waals surface area (Å²) in [4.78, 5) is 13.9. The van der Waals surface area contributed by atoms with Crippen molar-refractivity contribution in [1.82, 2.24) is 4.90 Å². The highest BCUT2D eigenvalue weighted by atomic mass is 16.5. The molecule has 4 heteroatoms. The van der Waals surface area contributed by atoms with E-state index in [1.807, 2.05) is 6.92 Å². The van der Waals surface area contributed by atoms with Crippen LogP contribution in [0, 0.1) is 5.92 Å². The van der Waals surface area contributed by atoms with E-state index < -0.39 is 0 Å². The maximum Gasteiger partial charge on any atom is 0.310 e. The summed E-state index contributed by atoms with van der Waals surface area (Å²) >= 11 is 0. The van der Waals surface area contributed by atoms with Crippen LogP contribution in [0.15, 0.2) is 0 Å². The van der Waals surface area contributed by atoms with Crippen molar-refractivity contribution in [2.75, 3.05) is 40.0 Å². The smallest absolute Gasteiger partial charge is 0.310 e. The highest BCUT2D eigenvalue weighted by molar-refractivity contribution is 5.72. The third-order valence-electron chi connectivity index (χ3n) is 2.95. The normalized spacial score (nSPS) is 22.0. The quantitative estimate of drug-likeness (QED) is 0.508. The molecule has 94 valence electrons. The lowest BCUT2D eigenvalue weighted by atomic mass is 9.98. The maximum atomic E-state index is 11.6. The molecule has 1 fully saturated rings. The molecule has 1 rings (SSSR count). The second-order valence-electron chi connectivity index (χ2n) is 4.24. The van der Waals surface area contributed by atoms with Gasteiger partial charge in [-0.2, -0.15) is 0 Å². The second-order valence-corrected chi connectivity index (χ2v) is 4.24. The summed E-state index contributed by atoms with van der Waals surface area (Å²) in [6.45, 7) is 6.10. The van der Waals surface area contributed by atoms with E-state index in [1.54, 1.807) is 7.11 Å². The molecular formula is C12H23NO3. The topological polar surface area (TPSA) is 38.8 Å². The van der Waals surface area contributed by atoms with Gasteiger partial charge in [-0.25, -0.2) is 0 Å². The van der Waals surface area contributed by atoms with Crippen molar-refractivity contribution < 1.29 is 14.3 Å². The highest BCUT2D eigenvalue weighted by Gasteiger charge is 2.26. The molecular weight excluding hydrogens is 206 g/mol. The van der Waals surface area contributed by atoms with Crippen LogP contribution >= 0.6 is 0 Å². The summed E-state index contributed by atoms with van der Waals surface area (Å²) in [5.74, 6) is 0.0511. The number of methoxy groups -OCH3 is 1. The first-order valence-electron chi connectivity index (χ1n) is 6.15. The van der Waals surface area contributed by atoms with Gasteiger partial charge in [-0.05, 0) is 32.7 Å². The number of piperidine rings is 1. The van der Waals surface area contributed by atoms with Gasteiger partial charge in [0.1, 0.15) is 0 Å². The first kappa shape index (κ1) is 13.5. The van der Waals surface area contributed by atoms with Crippen molar-refractivity contribution >= 4 is 5.97 Å². The summed E-state index contributed by atoms with van der Waals surface area (Å²) in [6.07, 6.45) is 3.10. The van der Waals surface area contributed by atoms with Gasteiger partial charge in [-0.3, -0.25) is 4.79 Å². The van der Waals surface area contributed by atoms with E-state index in [9.17, 15) is 4.79 Å². The molecule has 0 aliphatic carbocycles. The molecule has 1 atom stereocenters. The predicted molar refractivity (Wildman–Crippen MR) is 62.3 cm³/mol. The predicted octanol–water partition coefficient (Wildman–Crippen LogP) is 1.30. The van der Waals surface area contributed by atoms with E-state index in [0.29, 0.717) is 6.61 Å². The zero-order valence-electron chi connectivity index (χ0n) is 10.4. The first-order valence-corrected chi connectivity index (χ1v) is 6.15. The number of hydrogen-bond acceptors (Lipinski definition) is 4. The van der Waals surface area contributed by atoms with E-state index in [2.05, 4.69) is 4.90 Å². The zero-order valence-corrected chi connectivity index (χ0v) is 10.4. The Morgan fingerprint density at radius 3 is 3.00 bits per heavy atom. The third kappa shape index (κ3) is 4.49. The lowest BCUT2D eigenvalue weighted by Gasteiger charge is -2.31. The van der Waals surface area contributed by atoms with Crippen molar-refractivity contribution in [2.45, 2.75) is 26.2 Å². The minimum Gasteiger partial charge on any atom is -0.466 e. The van der Waals surface area contributed by atoms with E-state index in [0.717, 1.165) is 45.5 Å². The van der Waals surface area contributed by atoms with Gasteiger partial charge in [0.15, 0.2) is 0 Å². The van der Waals surface area contributed by atoms with Crippen LogP contribution in [0.3, 0.4) is 0 Å². The molecule has 16 heavy (non-hydrogen) atoms. The Morgan fingerprint density at radius 1 is 1.50 bits per heavy atom. The molecule has 1 aliphatic rings. The van der Waals surface area contributed by atoms with E-state index in [1.165, 1.54) is 0 Å². The largest absolute Gasteiger partial charge is 0.466 e. The van der Waals surface area contributed by atoms with Gasteiger partial charge < -0.3 is 14.4 Å². The molecule has 1 saturated heterocycles. The van der Waals surface area contributed by atoms with E-state index in [-0.39, 0.29) is 11.9 Å². The van der Waals surface area contributed by atoms with Gasteiger partial charge >= 0.3 is 5.97 Å². The summed E-state index contributed by atoms with van der Waals surface area (Å²) in [5.41, 5.74) is 0. The summed E-state index contributed by atoms with van der Waals surface area (Å²) in [6, 6.07) is 0. The summed E-state index contributed by atoms with van der Waals surface area (Å²) in [5, 5.41) is 0. The van der Waals surface area contributed by atoms with Crippen LogP contribution in [-0.2, 0) is 14.3 Å². The number of likely N-dealkylation sites (tertiary alicyclic amines) is 1.